The quantitative estimate of drug-likeness (QED) is 0.800. The van der Waals surface area contributed by atoms with Crippen LogP contribution in [-0.4, -0.2) is 39.1 Å². The number of nitrogens with zero attached hydrogens (tertiary/aromatic N) is 3. The summed E-state index contributed by atoms with van der Waals surface area (Å²) in [6, 6.07) is 0.706. The molecule has 4 nitrogen and oxygen atoms in total. The molecule has 0 saturated carbocycles. The van der Waals surface area contributed by atoms with Crippen LogP contribution in [0.2, 0.25) is 0 Å². The van der Waals surface area contributed by atoms with Crippen LogP contribution in [0.4, 0.5) is 0 Å². The van der Waals surface area contributed by atoms with Gasteiger partial charge in [0.15, 0.2) is 0 Å². The van der Waals surface area contributed by atoms with Crippen molar-refractivity contribution in [3.8, 4) is 0 Å². The highest BCUT2D eigenvalue weighted by molar-refractivity contribution is 7.99. The summed E-state index contributed by atoms with van der Waals surface area (Å²) in [4.78, 5) is 0. The Labute approximate surface area is 88.4 Å². The van der Waals surface area contributed by atoms with Gasteiger partial charge >= 0.3 is 0 Å². The van der Waals surface area contributed by atoms with Crippen molar-refractivity contribution in [2.24, 2.45) is 0 Å². The summed E-state index contributed by atoms with van der Waals surface area (Å²) in [5.74, 6) is 2.60. The molecule has 1 saturated heterocycles. The van der Waals surface area contributed by atoms with E-state index < -0.39 is 0 Å². The van der Waals surface area contributed by atoms with E-state index in [1.54, 1.807) is 6.20 Å². The topological polar surface area (TPSA) is 42.7 Å². The van der Waals surface area contributed by atoms with Crippen LogP contribution in [-0.2, 0) is 6.54 Å². The highest BCUT2D eigenvalue weighted by atomic mass is 32.2. The van der Waals surface area contributed by atoms with Gasteiger partial charge in [-0.25, -0.2) is 0 Å². The molecule has 0 radical (unpaired) electrons. The van der Waals surface area contributed by atoms with Crippen LogP contribution < -0.4 is 5.32 Å². The number of thioether (sulfide) groups is 1. The third kappa shape index (κ3) is 2.99. The monoisotopic (exact) mass is 212 g/mol. The molecule has 2 heterocycles. The van der Waals surface area contributed by atoms with Crippen LogP contribution in [0, 0.1) is 0 Å². The minimum atomic E-state index is 0.706. The summed E-state index contributed by atoms with van der Waals surface area (Å²) >= 11 is 2.05. The Morgan fingerprint density at radius 2 is 2.57 bits per heavy atom. The third-order valence-corrected chi connectivity index (χ3v) is 3.62. The van der Waals surface area contributed by atoms with E-state index in [-0.39, 0.29) is 0 Å². The second-order valence-electron chi connectivity index (χ2n) is 3.53. The van der Waals surface area contributed by atoms with Crippen LogP contribution in [0.1, 0.15) is 12.8 Å². The fourth-order valence-electron chi connectivity index (χ4n) is 1.64. The molecule has 0 aromatic carbocycles. The van der Waals surface area contributed by atoms with Crippen molar-refractivity contribution in [1.82, 2.24) is 20.3 Å². The maximum absolute atomic E-state index is 3.92. The summed E-state index contributed by atoms with van der Waals surface area (Å²) in [7, 11) is 0. The van der Waals surface area contributed by atoms with Gasteiger partial charge in [0.1, 0.15) is 0 Å². The van der Waals surface area contributed by atoms with E-state index >= 15 is 0 Å². The maximum Gasteiger partial charge on any atom is 0.0692 e. The maximum atomic E-state index is 3.92. The molecule has 5 heteroatoms. The largest absolute Gasteiger partial charge is 0.311 e. The molecule has 78 valence electrons. The van der Waals surface area contributed by atoms with Gasteiger partial charge in [-0.2, -0.15) is 11.8 Å². The van der Waals surface area contributed by atoms with Crippen molar-refractivity contribution in [3.63, 3.8) is 0 Å². The fourth-order valence-corrected chi connectivity index (χ4v) is 2.74. The van der Waals surface area contributed by atoms with Crippen LogP contribution in [0.3, 0.4) is 0 Å². The van der Waals surface area contributed by atoms with E-state index in [1.807, 2.05) is 10.9 Å². The van der Waals surface area contributed by atoms with Gasteiger partial charge in [0, 0.05) is 24.5 Å². The molecule has 2 rings (SSSR count). The minimum Gasteiger partial charge on any atom is -0.311 e. The van der Waals surface area contributed by atoms with E-state index in [0.29, 0.717) is 6.04 Å². The molecule has 1 aliphatic rings. The molecular weight excluding hydrogens is 196 g/mol. The van der Waals surface area contributed by atoms with Crippen LogP contribution in [0.25, 0.3) is 0 Å². The molecule has 1 atom stereocenters. The summed E-state index contributed by atoms with van der Waals surface area (Å²) < 4.78 is 1.86. The van der Waals surface area contributed by atoms with E-state index in [2.05, 4.69) is 27.4 Å². The first-order valence-corrected chi connectivity index (χ1v) is 6.26. The first-order chi connectivity index (χ1) is 6.95. The predicted octanol–water partition coefficient (Wildman–Crippen LogP) is 0.763. The number of hydrogen-bond donors (Lipinski definition) is 1. The Bertz CT molecular complexity index is 243. The van der Waals surface area contributed by atoms with Crippen molar-refractivity contribution >= 4 is 11.8 Å². The third-order valence-electron chi connectivity index (χ3n) is 2.41. The number of nitrogens with one attached hydrogen (secondary N) is 1. The molecule has 1 unspecified atom stereocenters. The number of aromatic nitrogens is 3. The van der Waals surface area contributed by atoms with Gasteiger partial charge < -0.3 is 5.32 Å². The molecule has 1 fully saturated rings. The van der Waals surface area contributed by atoms with Gasteiger partial charge in [0.05, 0.1) is 12.7 Å². The highest BCUT2D eigenvalue weighted by Gasteiger charge is 2.12. The zero-order chi connectivity index (χ0) is 9.64. The Kier molecular flexibility index (Phi) is 3.82. The van der Waals surface area contributed by atoms with E-state index in [4.69, 9.17) is 0 Å². The summed E-state index contributed by atoms with van der Waals surface area (Å²) in [5.41, 5.74) is 0. The Morgan fingerprint density at radius 3 is 3.29 bits per heavy atom. The lowest BCUT2D eigenvalue weighted by molar-refractivity contribution is 0.467. The predicted molar refractivity (Wildman–Crippen MR) is 58.4 cm³/mol. The van der Waals surface area contributed by atoms with Crippen molar-refractivity contribution in [2.45, 2.75) is 25.4 Å². The Hall–Kier alpha value is -0.550. The average Bonchev–Trinajstić information content (AvgIpc) is 2.72. The molecule has 0 bridgehead atoms. The average molecular weight is 212 g/mol. The van der Waals surface area contributed by atoms with Gasteiger partial charge in [-0.05, 0) is 18.6 Å². The van der Waals surface area contributed by atoms with Crippen LogP contribution >= 0.6 is 11.8 Å². The minimum absolute atomic E-state index is 0.706. The lowest BCUT2D eigenvalue weighted by Crippen LogP contribution is -2.35. The van der Waals surface area contributed by atoms with Gasteiger partial charge in [0.2, 0.25) is 0 Å². The molecule has 1 aromatic heterocycles. The lowest BCUT2D eigenvalue weighted by Gasteiger charge is -2.22. The zero-order valence-electron chi connectivity index (χ0n) is 8.22. The molecule has 14 heavy (non-hydrogen) atoms. The van der Waals surface area contributed by atoms with E-state index in [1.165, 1.54) is 24.3 Å². The molecule has 0 spiro atoms. The zero-order valence-corrected chi connectivity index (χ0v) is 9.04. The number of rotatable bonds is 4. The van der Waals surface area contributed by atoms with Gasteiger partial charge in [0.25, 0.3) is 0 Å². The SMILES string of the molecule is c1cn(CCNC2CCCSC2)nn1. The van der Waals surface area contributed by atoms with Gasteiger partial charge in [-0.3, -0.25) is 4.68 Å². The van der Waals surface area contributed by atoms with Crippen molar-refractivity contribution in [3.05, 3.63) is 12.4 Å². The summed E-state index contributed by atoms with van der Waals surface area (Å²) in [6.45, 7) is 1.91. The van der Waals surface area contributed by atoms with Crippen LogP contribution in [0.5, 0.6) is 0 Å². The van der Waals surface area contributed by atoms with Gasteiger partial charge in [-0.15, -0.1) is 5.10 Å². The fraction of sp³-hybridized carbons (Fsp3) is 0.778. The molecular formula is C9H16N4S. The van der Waals surface area contributed by atoms with Crippen molar-refractivity contribution < 1.29 is 0 Å². The van der Waals surface area contributed by atoms with Gasteiger partial charge in [-0.1, -0.05) is 5.21 Å². The Balaban J connectivity index is 1.62. The normalized spacial score (nSPS) is 22.4. The van der Waals surface area contributed by atoms with E-state index in [0.717, 1.165) is 13.1 Å². The molecule has 1 N–H and O–H groups in total. The second kappa shape index (κ2) is 5.36. The molecule has 0 amide bonds. The van der Waals surface area contributed by atoms with E-state index in [9.17, 15) is 0 Å². The lowest BCUT2D eigenvalue weighted by atomic mass is 10.2. The first kappa shape index (κ1) is 9.98. The molecule has 0 aliphatic carbocycles. The highest BCUT2D eigenvalue weighted by Crippen LogP contribution is 2.16. The summed E-state index contributed by atoms with van der Waals surface area (Å²) in [6.07, 6.45) is 6.30. The molecule has 1 aromatic rings. The Morgan fingerprint density at radius 1 is 1.57 bits per heavy atom. The first-order valence-electron chi connectivity index (χ1n) is 5.10. The summed E-state index contributed by atoms with van der Waals surface area (Å²) in [5, 5.41) is 11.2. The second-order valence-corrected chi connectivity index (χ2v) is 4.68. The van der Waals surface area contributed by atoms with Crippen molar-refractivity contribution in [2.75, 3.05) is 18.1 Å². The standard InChI is InChI=1S/C9H16N4S/c1-2-9(8-14-7-1)10-3-5-13-6-4-11-12-13/h4,6,9-10H,1-3,5,7-8H2. The molecule has 1 aliphatic heterocycles. The number of hydrogen-bond acceptors (Lipinski definition) is 4. The smallest absolute Gasteiger partial charge is 0.0692 e. The van der Waals surface area contributed by atoms with Crippen LogP contribution in [0.15, 0.2) is 12.4 Å². The van der Waals surface area contributed by atoms with Crippen molar-refractivity contribution in [1.29, 1.82) is 0 Å².